The first-order valence-corrected chi connectivity index (χ1v) is 21.7. The van der Waals surface area contributed by atoms with Crippen LogP contribution in [0, 0.1) is 0 Å². The van der Waals surface area contributed by atoms with E-state index in [4.69, 9.17) is 9.97 Å². The molecule has 0 saturated heterocycles. The molecule has 6 aromatic carbocycles. The Hall–Kier alpha value is -6.78. The Bertz CT molecular complexity index is 3100. The molecule has 9 aromatic rings. The van der Waals surface area contributed by atoms with Gasteiger partial charge in [0.2, 0.25) is 0 Å². The van der Waals surface area contributed by atoms with Gasteiger partial charge in [-0.25, -0.2) is 4.98 Å². The lowest BCUT2D eigenvalue weighted by Crippen LogP contribution is -2.16. The van der Waals surface area contributed by atoms with Crippen molar-refractivity contribution in [3.63, 3.8) is 0 Å². The van der Waals surface area contributed by atoms with Crippen molar-refractivity contribution >= 4 is 21.8 Å². The zero-order valence-electron chi connectivity index (χ0n) is 37.4. The number of benzene rings is 6. The van der Waals surface area contributed by atoms with E-state index in [0.29, 0.717) is 5.56 Å². The van der Waals surface area contributed by atoms with Crippen LogP contribution >= 0.6 is 0 Å². The van der Waals surface area contributed by atoms with Crippen molar-refractivity contribution in [2.45, 2.75) is 78.6 Å². The Kier molecular flexibility index (Phi) is 10.0. The molecule has 0 spiro atoms. The van der Waals surface area contributed by atoms with E-state index in [1.165, 1.54) is 32.9 Å². The maximum Gasteiger partial charge on any atom is 0.125 e. The molecule has 0 aliphatic heterocycles. The molecule has 308 valence electrons. The quantitative estimate of drug-likeness (QED) is 0.182. The Labute approximate surface area is 366 Å². The number of pyridine rings is 2. The van der Waals surface area contributed by atoms with Crippen molar-refractivity contribution in [3.05, 3.63) is 181 Å². The molecule has 3 heterocycles. The smallest absolute Gasteiger partial charge is 0.125 e. The van der Waals surface area contributed by atoms with Crippen molar-refractivity contribution in [1.82, 2.24) is 14.5 Å². The monoisotopic (exact) mass is 809 g/mol. The lowest BCUT2D eigenvalue weighted by molar-refractivity contribution is 0.473. The van der Waals surface area contributed by atoms with Gasteiger partial charge in [-0.2, -0.15) is 0 Å². The van der Waals surface area contributed by atoms with Crippen LogP contribution in [-0.2, 0) is 16.2 Å². The first kappa shape index (κ1) is 40.6. The van der Waals surface area contributed by atoms with E-state index in [1.54, 1.807) is 0 Å². The molecule has 9 rings (SSSR count). The molecular weight excluding hydrogens is 755 g/mol. The van der Waals surface area contributed by atoms with E-state index in [2.05, 4.69) is 212 Å². The van der Waals surface area contributed by atoms with Crippen LogP contribution in [0.15, 0.2) is 164 Å². The molecule has 0 amide bonds. The third-order valence-electron chi connectivity index (χ3n) is 12.2. The van der Waals surface area contributed by atoms with Crippen LogP contribution < -0.4 is 0 Å². The molecule has 4 heteroatoms. The zero-order chi connectivity index (χ0) is 43.6. The molecule has 0 bridgehead atoms. The second kappa shape index (κ2) is 15.3. The minimum atomic E-state index is -0.105. The van der Waals surface area contributed by atoms with E-state index in [1.807, 2.05) is 18.3 Å². The average molecular weight is 810 g/mol. The van der Waals surface area contributed by atoms with Gasteiger partial charge in [-0.3, -0.25) is 4.98 Å². The summed E-state index contributed by atoms with van der Waals surface area (Å²) in [5.74, 6) is 0.225. The van der Waals surface area contributed by atoms with E-state index in [0.717, 1.165) is 61.7 Å². The third kappa shape index (κ3) is 7.71. The molecule has 3 aromatic heterocycles. The summed E-state index contributed by atoms with van der Waals surface area (Å²) in [6.45, 7) is 20.1. The van der Waals surface area contributed by atoms with Crippen LogP contribution in [0.2, 0.25) is 0 Å². The van der Waals surface area contributed by atoms with Crippen LogP contribution in [-0.4, -0.2) is 19.6 Å². The minimum absolute atomic E-state index is 0.0464. The number of fused-ring (bicyclic) bond motifs is 3. The number of para-hydroxylation sites is 3. The Balaban J connectivity index is 1.20. The van der Waals surface area contributed by atoms with Crippen molar-refractivity contribution in [1.29, 1.82) is 0 Å². The number of nitrogens with zero attached hydrogens (tertiary/aromatic N) is 3. The van der Waals surface area contributed by atoms with Crippen molar-refractivity contribution < 1.29 is 5.11 Å². The first-order chi connectivity index (χ1) is 29.5. The highest BCUT2D eigenvalue weighted by Crippen LogP contribution is 2.41. The molecule has 4 nitrogen and oxygen atoms in total. The van der Waals surface area contributed by atoms with Crippen molar-refractivity contribution in [2.24, 2.45) is 0 Å². The summed E-state index contributed by atoms with van der Waals surface area (Å²) in [4.78, 5) is 10.3. The van der Waals surface area contributed by atoms with Crippen LogP contribution in [0.3, 0.4) is 0 Å². The van der Waals surface area contributed by atoms with Crippen LogP contribution in [0.5, 0.6) is 5.75 Å². The molecule has 0 atom stereocenters. The fraction of sp³-hybridized carbons (Fsp3) is 0.207. The van der Waals surface area contributed by atoms with Gasteiger partial charge < -0.3 is 9.67 Å². The molecule has 0 aliphatic carbocycles. The molecule has 0 saturated carbocycles. The van der Waals surface area contributed by atoms with Gasteiger partial charge in [-0.15, -0.1) is 0 Å². The summed E-state index contributed by atoms with van der Waals surface area (Å²) in [6.07, 6.45) is 1.92. The number of hydrogen-bond acceptors (Lipinski definition) is 3. The predicted molar refractivity (Wildman–Crippen MR) is 261 cm³/mol. The number of phenolic OH excluding ortho intramolecular Hbond substituents is 1. The summed E-state index contributed by atoms with van der Waals surface area (Å²) in [6, 6.07) is 56.1. The second-order valence-corrected chi connectivity index (χ2v) is 19.8. The van der Waals surface area contributed by atoms with Gasteiger partial charge in [0.05, 0.1) is 28.1 Å². The lowest BCUT2D eigenvalue weighted by Gasteiger charge is -2.26. The highest BCUT2D eigenvalue weighted by molar-refractivity contribution is 6.13. The van der Waals surface area contributed by atoms with E-state index < -0.39 is 0 Å². The predicted octanol–water partition coefficient (Wildman–Crippen LogP) is 15.5. The Morgan fingerprint density at radius 3 is 1.71 bits per heavy atom. The fourth-order valence-corrected chi connectivity index (χ4v) is 8.55. The Morgan fingerprint density at radius 1 is 0.419 bits per heavy atom. The SMILES string of the molecule is CC(C)(C)c1cc(-c2cc(-c3cccc(-c4cc(-c5cccc6c7ccccc7n(-c7ccccc7)c56)ccn4)c3)nc(-c3ccc(C(C)(C)C)cc3O)c2)cc(C(C)(C)C)c1. The first-order valence-electron chi connectivity index (χ1n) is 21.7. The van der Waals surface area contributed by atoms with Gasteiger partial charge in [0, 0.05) is 44.9 Å². The number of rotatable bonds is 6. The van der Waals surface area contributed by atoms with E-state index in [-0.39, 0.29) is 22.0 Å². The van der Waals surface area contributed by atoms with E-state index in [9.17, 15) is 5.11 Å². The number of aromatic hydroxyl groups is 1. The normalized spacial score (nSPS) is 12.3. The number of aromatic nitrogens is 3. The number of phenols is 1. The van der Waals surface area contributed by atoms with Gasteiger partial charge in [0.15, 0.2) is 0 Å². The average Bonchev–Trinajstić information content (AvgIpc) is 3.60. The van der Waals surface area contributed by atoms with Crippen molar-refractivity contribution in [3.8, 4) is 67.5 Å². The van der Waals surface area contributed by atoms with Gasteiger partial charge >= 0.3 is 0 Å². The molecule has 62 heavy (non-hydrogen) atoms. The molecule has 1 N–H and O–H groups in total. The molecule has 0 fully saturated rings. The summed E-state index contributed by atoms with van der Waals surface area (Å²) in [7, 11) is 0. The van der Waals surface area contributed by atoms with Crippen LogP contribution in [0.25, 0.3) is 83.5 Å². The third-order valence-corrected chi connectivity index (χ3v) is 12.2. The second-order valence-electron chi connectivity index (χ2n) is 19.8. The highest BCUT2D eigenvalue weighted by Gasteiger charge is 2.23. The van der Waals surface area contributed by atoms with Crippen LogP contribution in [0.4, 0.5) is 0 Å². The van der Waals surface area contributed by atoms with Gasteiger partial charge in [0.1, 0.15) is 5.75 Å². The molecule has 0 radical (unpaired) electrons. The maximum absolute atomic E-state index is 11.6. The summed E-state index contributed by atoms with van der Waals surface area (Å²) >= 11 is 0. The minimum Gasteiger partial charge on any atom is -0.507 e. The maximum atomic E-state index is 11.6. The largest absolute Gasteiger partial charge is 0.507 e. The standard InChI is InChI=1S/C58H55N3O/c1-56(2,3)42-25-26-49(54(62)36-42)52-34-41(40-30-43(57(4,5)6)35-44(31-40)58(7,8)9)33-51(60-52)39-18-15-17-38(29-39)50-32-37(27-28-59-50)46-22-16-23-48-47-21-13-14-24-53(47)61(55(46)48)45-19-11-10-12-20-45/h10-36,62H,1-9H3. The zero-order valence-corrected chi connectivity index (χ0v) is 37.4. The summed E-state index contributed by atoms with van der Waals surface area (Å²) in [5.41, 5.74) is 16.4. The molecule has 0 unspecified atom stereocenters. The van der Waals surface area contributed by atoms with Gasteiger partial charge in [0.25, 0.3) is 0 Å². The molecule has 0 aliphatic rings. The summed E-state index contributed by atoms with van der Waals surface area (Å²) in [5, 5.41) is 14.0. The van der Waals surface area contributed by atoms with Crippen LogP contribution in [0.1, 0.15) is 79.0 Å². The summed E-state index contributed by atoms with van der Waals surface area (Å²) < 4.78 is 2.38. The Morgan fingerprint density at radius 2 is 1.02 bits per heavy atom. The van der Waals surface area contributed by atoms with Gasteiger partial charge in [-0.05, 0) is 110 Å². The molecular formula is C58H55N3O. The fourth-order valence-electron chi connectivity index (χ4n) is 8.55. The lowest BCUT2D eigenvalue weighted by atomic mass is 9.79. The highest BCUT2D eigenvalue weighted by atomic mass is 16.3. The topological polar surface area (TPSA) is 50.9 Å². The van der Waals surface area contributed by atoms with Gasteiger partial charge in [-0.1, -0.05) is 159 Å². The number of hydrogen-bond donors (Lipinski definition) is 1. The van der Waals surface area contributed by atoms with Crippen molar-refractivity contribution in [2.75, 3.05) is 0 Å². The van der Waals surface area contributed by atoms with E-state index >= 15 is 0 Å².